The van der Waals surface area contributed by atoms with E-state index in [0.29, 0.717) is 6.04 Å². The highest BCUT2D eigenvalue weighted by atomic mass is 15.1. The van der Waals surface area contributed by atoms with E-state index in [0.717, 1.165) is 24.0 Å². The first-order chi connectivity index (χ1) is 8.69. The molecule has 0 bridgehead atoms. The summed E-state index contributed by atoms with van der Waals surface area (Å²) in [7, 11) is 0. The molecular weight excluding hydrogens is 222 g/mol. The maximum Gasteiger partial charge on any atom is 0.0450 e. The molecule has 0 saturated heterocycles. The Bertz CT molecular complexity index is 536. The zero-order chi connectivity index (χ0) is 13.1. The summed E-state index contributed by atoms with van der Waals surface area (Å²) in [5, 5.41) is 2.23. The van der Waals surface area contributed by atoms with E-state index < -0.39 is 0 Å². The summed E-state index contributed by atoms with van der Waals surface area (Å²) in [5.41, 5.74) is 8.06. The van der Waals surface area contributed by atoms with Crippen LogP contribution in [0.15, 0.2) is 30.6 Å². The van der Waals surface area contributed by atoms with E-state index in [1.165, 1.54) is 11.1 Å². The summed E-state index contributed by atoms with van der Waals surface area (Å²) in [6, 6.07) is 6.67. The van der Waals surface area contributed by atoms with Crippen molar-refractivity contribution in [1.82, 2.24) is 4.98 Å². The first-order valence-electron chi connectivity index (χ1n) is 6.57. The van der Waals surface area contributed by atoms with Gasteiger partial charge in [-0.05, 0) is 38.5 Å². The van der Waals surface area contributed by atoms with Crippen molar-refractivity contribution in [2.24, 2.45) is 0 Å². The molecule has 1 aromatic carbocycles. The van der Waals surface area contributed by atoms with Crippen LogP contribution >= 0.6 is 0 Å². The summed E-state index contributed by atoms with van der Waals surface area (Å²) in [6.45, 7) is 7.66. The lowest BCUT2D eigenvalue weighted by Crippen LogP contribution is -2.32. The van der Waals surface area contributed by atoms with Gasteiger partial charge in [0.1, 0.15) is 0 Å². The normalized spacial score (nSPS) is 12.6. The quantitative estimate of drug-likeness (QED) is 0.836. The van der Waals surface area contributed by atoms with Crippen LogP contribution in [0.2, 0.25) is 0 Å². The van der Waals surface area contributed by atoms with Gasteiger partial charge in [0.15, 0.2) is 0 Å². The van der Waals surface area contributed by atoms with E-state index in [-0.39, 0.29) is 0 Å². The smallest absolute Gasteiger partial charge is 0.0450 e. The molecule has 1 aromatic heterocycles. The molecule has 1 unspecified atom stereocenters. The molecule has 2 aromatic rings. The van der Waals surface area contributed by atoms with Gasteiger partial charge in [-0.25, -0.2) is 0 Å². The fraction of sp³-hybridized carbons (Fsp3) is 0.400. The minimum atomic E-state index is 0.523. The number of rotatable bonds is 4. The number of benzene rings is 1. The number of nitrogens with two attached hydrogens (primary N) is 1. The summed E-state index contributed by atoms with van der Waals surface area (Å²) in [5.74, 6) is 0. The number of hydrogen-bond acceptors (Lipinski definition) is 3. The van der Waals surface area contributed by atoms with Crippen LogP contribution in [0, 0.1) is 0 Å². The molecule has 1 heterocycles. The van der Waals surface area contributed by atoms with Crippen LogP contribution in [0.4, 0.5) is 11.4 Å². The minimum Gasteiger partial charge on any atom is -0.398 e. The molecule has 3 heteroatoms. The van der Waals surface area contributed by atoms with Crippen molar-refractivity contribution >= 4 is 22.1 Å². The maximum absolute atomic E-state index is 6.02. The SMILES string of the molecule is CCC(C)N(CC)c1ccc(N)c2cnccc12. The standard InChI is InChI=1S/C15H21N3/c1-4-11(3)18(5-2)15-7-6-14(16)13-10-17-9-8-12(13)15/h6-11H,4-5,16H2,1-3H3. The van der Waals surface area contributed by atoms with Crippen LogP contribution in [-0.2, 0) is 0 Å². The van der Waals surface area contributed by atoms with E-state index in [9.17, 15) is 0 Å². The predicted octanol–water partition coefficient (Wildman–Crippen LogP) is 3.44. The van der Waals surface area contributed by atoms with Crippen molar-refractivity contribution in [2.75, 3.05) is 17.2 Å². The molecule has 3 nitrogen and oxygen atoms in total. The van der Waals surface area contributed by atoms with Crippen molar-refractivity contribution in [2.45, 2.75) is 33.2 Å². The number of anilines is 2. The highest BCUT2D eigenvalue weighted by Gasteiger charge is 2.14. The van der Waals surface area contributed by atoms with Gasteiger partial charge in [0.2, 0.25) is 0 Å². The Hall–Kier alpha value is -1.77. The number of aromatic nitrogens is 1. The van der Waals surface area contributed by atoms with Gasteiger partial charge in [-0.1, -0.05) is 6.92 Å². The fourth-order valence-electron chi connectivity index (χ4n) is 2.39. The van der Waals surface area contributed by atoms with E-state index in [4.69, 9.17) is 5.73 Å². The Kier molecular flexibility index (Phi) is 3.70. The fourth-order valence-corrected chi connectivity index (χ4v) is 2.39. The van der Waals surface area contributed by atoms with Gasteiger partial charge >= 0.3 is 0 Å². The molecule has 2 N–H and O–H groups in total. The van der Waals surface area contributed by atoms with Crippen LogP contribution in [0.3, 0.4) is 0 Å². The second kappa shape index (κ2) is 5.25. The Morgan fingerprint density at radius 1 is 1.22 bits per heavy atom. The molecule has 0 spiro atoms. The van der Waals surface area contributed by atoms with Crippen molar-refractivity contribution in [3.05, 3.63) is 30.6 Å². The minimum absolute atomic E-state index is 0.523. The first kappa shape index (κ1) is 12.7. The largest absolute Gasteiger partial charge is 0.398 e. The average molecular weight is 243 g/mol. The van der Waals surface area contributed by atoms with Gasteiger partial charge in [0, 0.05) is 47.1 Å². The maximum atomic E-state index is 6.02. The van der Waals surface area contributed by atoms with Gasteiger partial charge in [-0.3, -0.25) is 4.98 Å². The second-order valence-electron chi connectivity index (χ2n) is 4.64. The number of pyridine rings is 1. The lowest BCUT2D eigenvalue weighted by Gasteiger charge is -2.30. The Morgan fingerprint density at radius 2 is 2.00 bits per heavy atom. The zero-order valence-corrected chi connectivity index (χ0v) is 11.4. The van der Waals surface area contributed by atoms with E-state index >= 15 is 0 Å². The molecule has 0 amide bonds. The molecule has 18 heavy (non-hydrogen) atoms. The van der Waals surface area contributed by atoms with Gasteiger partial charge in [0.05, 0.1) is 0 Å². The molecular formula is C15H21N3. The van der Waals surface area contributed by atoms with Crippen LogP contribution in [0.25, 0.3) is 10.8 Å². The predicted molar refractivity (Wildman–Crippen MR) is 78.9 cm³/mol. The zero-order valence-electron chi connectivity index (χ0n) is 11.4. The molecule has 0 fully saturated rings. The highest BCUT2D eigenvalue weighted by Crippen LogP contribution is 2.31. The third-order valence-corrected chi connectivity index (χ3v) is 3.60. The number of hydrogen-bond donors (Lipinski definition) is 1. The van der Waals surface area contributed by atoms with Crippen LogP contribution < -0.4 is 10.6 Å². The van der Waals surface area contributed by atoms with Gasteiger partial charge in [-0.2, -0.15) is 0 Å². The Morgan fingerprint density at radius 3 is 2.67 bits per heavy atom. The summed E-state index contributed by atoms with van der Waals surface area (Å²) < 4.78 is 0. The molecule has 2 rings (SSSR count). The van der Waals surface area contributed by atoms with E-state index in [1.54, 1.807) is 0 Å². The third-order valence-electron chi connectivity index (χ3n) is 3.60. The van der Waals surface area contributed by atoms with Crippen LogP contribution in [-0.4, -0.2) is 17.6 Å². The molecule has 96 valence electrons. The van der Waals surface area contributed by atoms with Gasteiger partial charge < -0.3 is 10.6 Å². The highest BCUT2D eigenvalue weighted by molar-refractivity contribution is 6.00. The van der Waals surface area contributed by atoms with Crippen molar-refractivity contribution in [3.63, 3.8) is 0 Å². The van der Waals surface area contributed by atoms with E-state index in [1.807, 2.05) is 24.5 Å². The van der Waals surface area contributed by atoms with Crippen LogP contribution in [0.1, 0.15) is 27.2 Å². The molecule has 0 aliphatic rings. The third kappa shape index (κ3) is 2.13. The number of fused-ring (bicyclic) bond motifs is 1. The molecule has 0 aliphatic heterocycles. The number of nitrogen functional groups attached to an aromatic ring is 1. The van der Waals surface area contributed by atoms with Crippen molar-refractivity contribution in [3.8, 4) is 0 Å². The molecule has 0 radical (unpaired) electrons. The molecule has 0 aliphatic carbocycles. The Labute approximate surface area is 109 Å². The van der Waals surface area contributed by atoms with Gasteiger partial charge in [0.25, 0.3) is 0 Å². The Balaban J connectivity index is 2.60. The summed E-state index contributed by atoms with van der Waals surface area (Å²) in [4.78, 5) is 6.58. The van der Waals surface area contributed by atoms with Crippen molar-refractivity contribution in [1.29, 1.82) is 0 Å². The molecule has 1 atom stereocenters. The lowest BCUT2D eigenvalue weighted by molar-refractivity contribution is 0.632. The summed E-state index contributed by atoms with van der Waals surface area (Å²) >= 11 is 0. The van der Waals surface area contributed by atoms with E-state index in [2.05, 4.69) is 36.7 Å². The van der Waals surface area contributed by atoms with Gasteiger partial charge in [-0.15, -0.1) is 0 Å². The number of nitrogens with zero attached hydrogens (tertiary/aromatic N) is 2. The second-order valence-corrected chi connectivity index (χ2v) is 4.64. The monoisotopic (exact) mass is 243 g/mol. The summed E-state index contributed by atoms with van der Waals surface area (Å²) in [6.07, 6.45) is 4.80. The lowest BCUT2D eigenvalue weighted by atomic mass is 10.1. The first-order valence-corrected chi connectivity index (χ1v) is 6.57. The molecule has 0 saturated carbocycles. The average Bonchev–Trinajstić information content (AvgIpc) is 2.42. The van der Waals surface area contributed by atoms with Crippen molar-refractivity contribution < 1.29 is 0 Å². The topological polar surface area (TPSA) is 42.1 Å². The van der Waals surface area contributed by atoms with Crippen LogP contribution in [0.5, 0.6) is 0 Å².